The number of nitrogens with zero attached hydrogens (tertiary/aromatic N) is 2. The number of pyridine rings is 1. The first kappa shape index (κ1) is 20.3. The van der Waals surface area contributed by atoms with Crippen LogP contribution in [0, 0.1) is 13.8 Å². The fourth-order valence-corrected chi connectivity index (χ4v) is 4.10. The van der Waals surface area contributed by atoms with Crippen molar-refractivity contribution in [2.45, 2.75) is 13.8 Å². The normalized spacial score (nSPS) is 10.6. The van der Waals surface area contributed by atoms with Gasteiger partial charge in [-0.1, -0.05) is 28.1 Å². The summed E-state index contributed by atoms with van der Waals surface area (Å²) in [5.74, 6) is -0.150. The Morgan fingerprint density at radius 2 is 1.87 bits per heavy atom. The summed E-state index contributed by atoms with van der Waals surface area (Å²) >= 11 is 5.02. The number of aryl methyl sites for hydroxylation is 1. The van der Waals surface area contributed by atoms with Crippen molar-refractivity contribution in [2.75, 3.05) is 10.6 Å². The monoisotopic (exact) mass is 478 g/mol. The number of nitrogens with one attached hydrogen (secondary N) is 2. The summed E-state index contributed by atoms with van der Waals surface area (Å²) in [4.78, 5) is 21.5. The smallest absolute Gasteiger partial charge is 0.256 e. The van der Waals surface area contributed by atoms with Crippen molar-refractivity contribution >= 4 is 49.7 Å². The number of benzene rings is 2. The maximum Gasteiger partial charge on any atom is 0.256 e. The zero-order valence-corrected chi connectivity index (χ0v) is 18.8. The van der Waals surface area contributed by atoms with Gasteiger partial charge < -0.3 is 10.6 Å². The average molecular weight is 479 g/mol. The van der Waals surface area contributed by atoms with Crippen molar-refractivity contribution in [1.82, 2.24) is 9.97 Å². The van der Waals surface area contributed by atoms with Gasteiger partial charge in [0, 0.05) is 44.7 Å². The largest absolute Gasteiger partial charge is 0.331 e. The maximum absolute atomic E-state index is 12.9. The molecule has 0 spiro atoms. The molecule has 2 heterocycles. The number of amides is 1. The number of anilines is 3. The average Bonchev–Trinajstić information content (AvgIpc) is 3.21. The molecule has 2 N–H and O–H groups in total. The molecule has 2 aromatic carbocycles. The van der Waals surface area contributed by atoms with Crippen LogP contribution in [0.3, 0.4) is 0 Å². The highest BCUT2D eigenvalue weighted by molar-refractivity contribution is 9.10. The molecule has 0 saturated carbocycles. The first-order valence-electron chi connectivity index (χ1n) is 9.31. The van der Waals surface area contributed by atoms with Gasteiger partial charge in [0.25, 0.3) is 5.91 Å². The van der Waals surface area contributed by atoms with Crippen LogP contribution in [0.4, 0.5) is 16.5 Å². The molecule has 5 nitrogen and oxygen atoms in total. The van der Waals surface area contributed by atoms with Gasteiger partial charge in [0.1, 0.15) is 0 Å². The molecule has 0 bridgehead atoms. The van der Waals surface area contributed by atoms with Gasteiger partial charge in [-0.25, -0.2) is 4.98 Å². The lowest BCUT2D eigenvalue weighted by atomic mass is 10.1. The summed E-state index contributed by atoms with van der Waals surface area (Å²) in [6.07, 6.45) is 3.50. The van der Waals surface area contributed by atoms with Gasteiger partial charge in [-0.3, -0.25) is 9.78 Å². The quantitative estimate of drug-likeness (QED) is 0.339. The van der Waals surface area contributed by atoms with Crippen LogP contribution >= 0.6 is 27.3 Å². The second kappa shape index (κ2) is 8.77. The minimum Gasteiger partial charge on any atom is -0.331 e. The highest BCUT2D eigenvalue weighted by atomic mass is 79.9. The van der Waals surface area contributed by atoms with Crippen LogP contribution in [0.25, 0.3) is 11.3 Å². The summed E-state index contributed by atoms with van der Waals surface area (Å²) < 4.78 is 0.959. The summed E-state index contributed by atoms with van der Waals surface area (Å²) in [7, 11) is 0. The molecule has 0 aliphatic rings. The molecule has 30 heavy (non-hydrogen) atoms. The summed E-state index contributed by atoms with van der Waals surface area (Å²) in [5.41, 5.74) is 6.10. The summed E-state index contributed by atoms with van der Waals surface area (Å²) in [6.45, 7) is 3.94. The summed E-state index contributed by atoms with van der Waals surface area (Å²) in [6, 6.07) is 15.3. The lowest BCUT2D eigenvalue weighted by molar-refractivity contribution is 0.102. The predicted molar refractivity (Wildman–Crippen MR) is 127 cm³/mol. The summed E-state index contributed by atoms with van der Waals surface area (Å²) in [5, 5.41) is 9.08. The van der Waals surface area contributed by atoms with Gasteiger partial charge in [0.05, 0.1) is 5.69 Å². The van der Waals surface area contributed by atoms with E-state index in [1.54, 1.807) is 12.4 Å². The second-order valence-corrected chi connectivity index (χ2v) is 8.51. The number of carbonyl (C=O) groups is 1. The van der Waals surface area contributed by atoms with Crippen molar-refractivity contribution in [2.24, 2.45) is 0 Å². The molecule has 0 unspecified atom stereocenters. The van der Waals surface area contributed by atoms with E-state index in [0.29, 0.717) is 5.56 Å². The minimum absolute atomic E-state index is 0.150. The van der Waals surface area contributed by atoms with Gasteiger partial charge in [-0.05, 0) is 61.4 Å². The third-order valence-corrected chi connectivity index (χ3v) is 6.34. The number of hydrogen-bond acceptors (Lipinski definition) is 5. The van der Waals surface area contributed by atoms with Crippen molar-refractivity contribution in [3.05, 3.63) is 87.5 Å². The van der Waals surface area contributed by atoms with Gasteiger partial charge in [-0.2, -0.15) is 0 Å². The Morgan fingerprint density at radius 3 is 2.63 bits per heavy atom. The number of hydrogen-bond donors (Lipinski definition) is 2. The fraction of sp³-hybridized carbons (Fsp3) is 0.0870. The van der Waals surface area contributed by atoms with Gasteiger partial charge in [0.2, 0.25) is 0 Å². The zero-order chi connectivity index (χ0) is 21.1. The van der Waals surface area contributed by atoms with Crippen LogP contribution in [0.2, 0.25) is 0 Å². The first-order chi connectivity index (χ1) is 14.5. The Morgan fingerprint density at radius 1 is 1.07 bits per heavy atom. The fourth-order valence-electron chi connectivity index (χ4n) is 2.99. The maximum atomic E-state index is 12.9. The molecule has 0 radical (unpaired) electrons. The highest BCUT2D eigenvalue weighted by Crippen LogP contribution is 2.29. The lowest BCUT2D eigenvalue weighted by Crippen LogP contribution is -2.14. The molecular formula is C23H19BrN4OS. The van der Waals surface area contributed by atoms with E-state index in [0.717, 1.165) is 43.4 Å². The molecular weight excluding hydrogens is 460 g/mol. The topological polar surface area (TPSA) is 66.9 Å². The molecule has 7 heteroatoms. The first-order valence-corrected chi connectivity index (χ1v) is 11.0. The third-order valence-electron chi connectivity index (χ3n) is 4.73. The Hall–Kier alpha value is -3.03. The molecule has 0 aliphatic carbocycles. The molecule has 0 saturated heterocycles. The van der Waals surface area contributed by atoms with Crippen molar-refractivity contribution in [3.8, 4) is 11.3 Å². The van der Waals surface area contributed by atoms with Crippen LogP contribution in [0.5, 0.6) is 0 Å². The van der Waals surface area contributed by atoms with Crippen LogP contribution in [0.15, 0.2) is 70.8 Å². The molecule has 150 valence electrons. The predicted octanol–water partition coefficient (Wildman–Crippen LogP) is 6.58. The number of rotatable bonds is 5. The standard InChI is InChI=1S/C23H19BrN4OS/c1-14-6-7-17(12-19(14)24)26-22(29)18-4-3-5-20(15(18)2)27-23-28-21(13-30-23)16-8-10-25-11-9-16/h3-13H,1-2H3,(H,26,29)(H,27,28). The van der Waals surface area contributed by atoms with Crippen molar-refractivity contribution in [3.63, 3.8) is 0 Å². The van der Waals surface area contributed by atoms with Crippen molar-refractivity contribution in [1.29, 1.82) is 0 Å². The van der Waals surface area contributed by atoms with E-state index in [4.69, 9.17) is 0 Å². The number of halogens is 1. The number of thiazole rings is 1. The van der Waals surface area contributed by atoms with E-state index in [1.807, 2.05) is 67.8 Å². The van der Waals surface area contributed by atoms with E-state index >= 15 is 0 Å². The van der Waals surface area contributed by atoms with E-state index in [-0.39, 0.29) is 5.91 Å². The molecule has 0 atom stereocenters. The van der Waals surface area contributed by atoms with Crippen LogP contribution in [-0.2, 0) is 0 Å². The van der Waals surface area contributed by atoms with E-state index < -0.39 is 0 Å². The van der Waals surface area contributed by atoms with Gasteiger partial charge >= 0.3 is 0 Å². The Labute approximate surface area is 187 Å². The molecule has 0 aliphatic heterocycles. The number of aromatic nitrogens is 2. The molecule has 4 rings (SSSR count). The SMILES string of the molecule is Cc1ccc(NC(=O)c2cccc(Nc3nc(-c4ccncc4)cs3)c2C)cc1Br. The minimum atomic E-state index is -0.150. The van der Waals surface area contributed by atoms with Crippen molar-refractivity contribution < 1.29 is 4.79 Å². The van der Waals surface area contributed by atoms with E-state index in [1.165, 1.54) is 11.3 Å². The Balaban J connectivity index is 1.53. The molecule has 2 aromatic heterocycles. The molecule has 4 aromatic rings. The number of carbonyl (C=O) groups excluding carboxylic acids is 1. The van der Waals surface area contributed by atoms with Gasteiger partial charge in [-0.15, -0.1) is 11.3 Å². The third kappa shape index (κ3) is 4.42. The highest BCUT2D eigenvalue weighted by Gasteiger charge is 2.14. The Kier molecular flexibility index (Phi) is 5.92. The molecule has 1 amide bonds. The Bertz CT molecular complexity index is 1210. The lowest BCUT2D eigenvalue weighted by Gasteiger charge is -2.12. The van der Waals surface area contributed by atoms with Crippen LogP contribution in [0.1, 0.15) is 21.5 Å². The van der Waals surface area contributed by atoms with Gasteiger partial charge in [0.15, 0.2) is 5.13 Å². The van der Waals surface area contributed by atoms with Crippen LogP contribution in [-0.4, -0.2) is 15.9 Å². The second-order valence-electron chi connectivity index (χ2n) is 6.80. The van der Waals surface area contributed by atoms with Crippen LogP contribution < -0.4 is 10.6 Å². The zero-order valence-electron chi connectivity index (χ0n) is 16.4. The van der Waals surface area contributed by atoms with E-state index in [2.05, 4.69) is 36.5 Å². The molecule has 0 fully saturated rings. The van der Waals surface area contributed by atoms with E-state index in [9.17, 15) is 4.79 Å².